The van der Waals surface area contributed by atoms with Gasteiger partial charge in [-0.05, 0) is 69.7 Å². The Bertz CT molecular complexity index is 534. The molecule has 0 aliphatic carbocycles. The van der Waals surface area contributed by atoms with E-state index in [1.807, 2.05) is 31.7 Å². The van der Waals surface area contributed by atoms with Crippen molar-refractivity contribution in [1.29, 1.82) is 0 Å². The Labute approximate surface area is 147 Å². The van der Waals surface area contributed by atoms with E-state index in [2.05, 4.69) is 34.1 Å². The Morgan fingerprint density at radius 1 is 1.39 bits per heavy atom. The van der Waals surface area contributed by atoms with Gasteiger partial charge in [0, 0.05) is 17.6 Å². The van der Waals surface area contributed by atoms with E-state index in [0.717, 1.165) is 30.4 Å². The number of halogens is 1. The van der Waals surface area contributed by atoms with E-state index >= 15 is 0 Å². The monoisotopic (exact) mass is 382 g/mol. The molecule has 0 radical (unpaired) electrons. The van der Waals surface area contributed by atoms with Crippen LogP contribution < -0.4 is 5.73 Å². The minimum Gasteiger partial charge on any atom is -0.444 e. The van der Waals surface area contributed by atoms with Crippen LogP contribution in [0.15, 0.2) is 28.7 Å². The molecule has 5 heteroatoms. The van der Waals surface area contributed by atoms with E-state index in [1.165, 1.54) is 5.56 Å². The van der Waals surface area contributed by atoms with E-state index in [-0.39, 0.29) is 6.09 Å². The average molecular weight is 383 g/mol. The predicted octanol–water partition coefficient (Wildman–Crippen LogP) is 4.14. The third-order valence-corrected chi connectivity index (χ3v) is 4.78. The van der Waals surface area contributed by atoms with Crippen LogP contribution in [0.3, 0.4) is 0 Å². The van der Waals surface area contributed by atoms with Crippen molar-refractivity contribution in [2.75, 3.05) is 19.6 Å². The van der Waals surface area contributed by atoms with Crippen molar-refractivity contribution in [3.05, 3.63) is 34.3 Å². The van der Waals surface area contributed by atoms with Crippen LogP contribution in [0.2, 0.25) is 0 Å². The Morgan fingerprint density at radius 2 is 2.04 bits per heavy atom. The maximum absolute atomic E-state index is 12.1. The zero-order chi connectivity index (χ0) is 17.0. The van der Waals surface area contributed by atoms with Gasteiger partial charge in [-0.1, -0.05) is 28.1 Å². The summed E-state index contributed by atoms with van der Waals surface area (Å²) >= 11 is 3.53. The number of likely N-dealkylation sites (tertiary alicyclic amines) is 1. The fourth-order valence-corrected chi connectivity index (χ4v) is 3.57. The van der Waals surface area contributed by atoms with E-state index in [4.69, 9.17) is 10.5 Å². The van der Waals surface area contributed by atoms with Gasteiger partial charge in [-0.25, -0.2) is 4.79 Å². The summed E-state index contributed by atoms with van der Waals surface area (Å²) in [5.41, 5.74) is 6.88. The summed E-state index contributed by atoms with van der Waals surface area (Å²) in [5, 5.41) is 0. The van der Waals surface area contributed by atoms with Crippen molar-refractivity contribution in [2.45, 2.75) is 45.1 Å². The van der Waals surface area contributed by atoms with E-state index in [9.17, 15) is 4.79 Å². The normalized spacial score (nSPS) is 17.9. The Hall–Kier alpha value is -1.07. The number of carbonyl (C=O) groups excluding carboxylic acids is 1. The van der Waals surface area contributed by atoms with E-state index in [0.29, 0.717) is 18.4 Å². The predicted molar refractivity (Wildman–Crippen MR) is 96.5 cm³/mol. The number of ether oxygens (including phenoxy) is 1. The van der Waals surface area contributed by atoms with E-state index < -0.39 is 5.60 Å². The third-order valence-electron chi connectivity index (χ3n) is 4.29. The van der Waals surface area contributed by atoms with Crippen LogP contribution in [-0.4, -0.2) is 36.2 Å². The van der Waals surface area contributed by atoms with Crippen molar-refractivity contribution in [3.8, 4) is 0 Å². The van der Waals surface area contributed by atoms with Crippen LogP contribution >= 0.6 is 15.9 Å². The summed E-state index contributed by atoms with van der Waals surface area (Å²) in [7, 11) is 0. The second-order valence-corrected chi connectivity index (χ2v) is 8.12. The highest BCUT2D eigenvalue weighted by Crippen LogP contribution is 2.33. The highest BCUT2D eigenvalue weighted by atomic mass is 79.9. The number of piperidine rings is 1. The molecule has 1 aromatic carbocycles. The Kier molecular flexibility index (Phi) is 6.09. The Balaban J connectivity index is 1.96. The first-order valence-corrected chi connectivity index (χ1v) is 9.03. The molecular weight excluding hydrogens is 356 g/mol. The lowest BCUT2D eigenvalue weighted by Gasteiger charge is -2.36. The molecule has 1 fully saturated rings. The molecule has 1 aromatic rings. The zero-order valence-corrected chi connectivity index (χ0v) is 15.8. The number of hydrogen-bond donors (Lipinski definition) is 1. The second-order valence-electron chi connectivity index (χ2n) is 7.20. The molecule has 1 heterocycles. The molecular formula is C18H27BrN2O2. The maximum atomic E-state index is 12.1. The molecule has 2 N–H and O–H groups in total. The van der Waals surface area contributed by atoms with Gasteiger partial charge in [0.2, 0.25) is 0 Å². The van der Waals surface area contributed by atoms with Gasteiger partial charge >= 0.3 is 6.09 Å². The molecule has 1 amide bonds. The SMILES string of the molecule is CC(C)(C)OC(=O)N1CCC(C(CN)c2cccc(Br)c2)CC1. The van der Waals surface area contributed by atoms with Gasteiger partial charge in [0.05, 0.1) is 0 Å². The first kappa shape index (κ1) is 18.3. The minimum atomic E-state index is -0.440. The molecule has 1 saturated heterocycles. The number of carbonyl (C=O) groups is 1. The van der Waals surface area contributed by atoms with Crippen molar-refractivity contribution in [3.63, 3.8) is 0 Å². The molecule has 128 valence electrons. The molecule has 23 heavy (non-hydrogen) atoms. The second kappa shape index (κ2) is 7.67. The standard InChI is InChI=1S/C18H27BrN2O2/c1-18(2,3)23-17(22)21-9-7-13(8-10-21)16(12-20)14-5-4-6-15(19)11-14/h4-6,11,13,16H,7-10,12,20H2,1-3H3. The average Bonchev–Trinajstić information content (AvgIpc) is 2.47. The molecule has 0 bridgehead atoms. The summed E-state index contributed by atoms with van der Waals surface area (Å²) in [6, 6.07) is 8.38. The number of nitrogens with two attached hydrogens (primary N) is 1. The van der Waals surface area contributed by atoms with Crippen LogP contribution in [0.25, 0.3) is 0 Å². The largest absolute Gasteiger partial charge is 0.444 e. The lowest BCUT2D eigenvalue weighted by atomic mass is 9.80. The highest BCUT2D eigenvalue weighted by Gasteiger charge is 2.30. The van der Waals surface area contributed by atoms with Gasteiger partial charge in [0.25, 0.3) is 0 Å². The molecule has 0 spiro atoms. The molecule has 1 atom stereocenters. The summed E-state index contributed by atoms with van der Waals surface area (Å²) in [5.74, 6) is 0.848. The number of rotatable bonds is 3. The van der Waals surface area contributed by atoms with Gasteiger partial charge in [-0.3, -0.25) is 0 Å². The van der Waals surface area contributed by atoms with Crippen LogP contribution in [-0.2, 0) is 4.74 Å². The fraction of sp³-hybridized carbons (Fsp3) is 0.611. The molecule has 2 rings (SSSR count). The first-order valence-electron chi connectivity index (χ1n) is 8.23. The Morgan fingerprint density at radius 3 is 2.57 bits per heavy atom. The number of amides is 1. The summed E-state index contributed by atoms with van der Waals surface area (Å²) in [4.78, 5) is 14.0. The molecule has 1 unspecified atom stereocenters. The van der Waals surface area contributed by atoms with Gasteiger partial charge < -0.3 is 15.4 Å². The fourth-order valence-electron chi connectivity index (χ4n) is 3.15. The molecule has 1 aliphatic rings. The van der Waals surface area contributed by atoms with Crippen LogP contribution in [0.5, 0.6) is 0 Å². The first-order chi connectivity index (χ1) is 10.8. The highest BCUT2D eigenvalue weighted by molar-refractivity contribution is 9.10. The van der Waals surface area contributed by atoms with Crippen LogP contribution in [0.1, 0.15) is 45.1 Å². The van der Waals surface area contributed by atoms with Crippen LogP contribution in [0.4, 0.5) is 4.79 Å². The summed E-state index contributed by atoms with van der Waals surface area (Å²) in [6.07, 6.45) is 1.73. The number of nitrogens with zero attached hydrogens (tertiary/aromatic N) is 1. The van der Waals surface area contributed by atoms with Crippen molar-refractivity contribution in [1.82, 2.24) is 4.90 Å². The topological polar surface area (TPSA) is 55.6 Å². The van der Waals surface area contributed by atoms with Gasteiger partial charge in [-0.2, -0.15) is 0 Å². The minimum absolute atomic E-state index is 0.206. The molecule has 4 nitrogen and oxygen atoms in total. The smallest absolute Gasteiger partial charge is 0.410 e. The molecule has 1 aliphatic heterocycles. The molecule has 0 saturated carbocycles. The third kappa shape index (κ3) is 5.21. The lowest BCUT2D eigenvalue weighted by molar-refractivity contribution is 0.0175. The summed E-state index contributed by atoms with van der Waals surface area (Å²) < 4.78 is 6.54. The summed E-state index contributed by atoms with van der Waals surface area (Å²) in [6.45, 7) is 7.81. The van der Waals surface area contributed by atoms with Gasteiger partial charge in [0.1, 0.15) is 5.60 Å². The zero-order valence-electron chi connectivity index (χ0n) is 14.2. The van der Waals surface area contributed by atoms with Crippen LogP contribution in [0, 0.1) is 5.92 Å². The lowest BCUT2D eigenvalue weighted by Crippen LogP contribution is -2.43. The van der Waals surface area contributed by atoms with Crippen molar-refractivity contribution < 1.29 is 9.53 Å². The van der Waals surface area contributed by atoms with Crippen molar-refractivity contribution in [2.24, 2.45) is 11.7 Å². The van der Waals surface area contributed by atoms with E-state index in [1.54, 1.807) is 0 Å². The maximum Gasteiger partial charge on any atom is 0.410 e. The quantitative estimate of drug-likeness (QED) is 0.854. The van der Waals surface area contributed by atoms with Gasteiger partial charge in [0.15, 0.2) is 0 Å². The van der Waals surface area contributed by atoms with Gasteiger partial charge in [-0.15, -0.1) is 0 Å². The number of hydrogen-bond acceptors (Lipinski definition) is 3. The molecule has 0 aromatic heterocycles. The van der Waals surface area contributed by atoms with Crippen molar-refractivity contribution >= 4 is 22.0 Å². The number of benzene rings is 1.